The molecule has 1 atom stereocenters. The Balaban J connectivity index is 1.45. The van der Waals surface area contributed by atoms with Gasteiger partial charge >= 0.3 is 5.69 Å². The number of nitrogens with one attached hydrogen (secondary N) is 1. The van der Waals surface area contributed by atoms with Gasteiger partial charge in [-0.3, -0.25) is 4.79 Å². The molecule has 3 heterocycles. The Kier molecular flexibility index (Phi) is 4.89. The molecule has 160 valence electrons. The van der Waals surface area contributed by atoms with Gasteiger partial charge in [0.2, 0.25) is 5.91 Å². The SMILES string of the molecule is CC1CCc2c(sc3ncn4c(=O)n(CC(=O)Nc5ccc(C(C)C)cc5)nc4c23)C1. The van der Waals surface area contributed by atoms with Crippen molar-refractivity contribution >= 4 is 38.8 Å². The van der Waals surface area contributed by atoms with Gasteiger partial charge in [0.05, 0.1) is 5.39 Å². The van der Waals surface area contributed by atoms with Crippen LogP contribution in [-0.2, 0) is 24.2 Å². The molecule has 0 bridgehead atoms. The Morgan fingerprint density at radius 2 is 2.06 bits per heavy atom. The third kappa shape index (κ3) is 3.54. The maximum atomic E-state index is 12.9. The second-order valence-electron chi connectivity index (χ2n) is 8.74. The molecule has 0 spiro atoms. The number of thiophene rings is 1. The third-order valence-electron chi connectivity index (χ3n) is 6.03. The van der Waals surface area contributed by atoms with E-state index in [9.17, 15) is 9.59 Å². The van der Waals surface area contributed by atoms with Gasteiger partial charge in [0.1, 0.15) is 17.7 Å². The maximum Gasteiger partial charge on any atom is 0.352 e. The first kappa shape index (κ1) is 19.9. The van der Waals surface area contributed by atoms with Gasteiger partial charge in [0.15, 0.2) is 5.65 Å². The van der Waals surface area contributed by atoms with Crippen molar-refractivity contribution in [2.45, 2.75) is 52.5 Å². The summed E-state index contributed by atoms with van der Waals surface area (Å²) in [7, 11) is 0. The van der Waals surface area contributed by atoms with Gasteiger partial charge in [0, 0.05) is 10.6 Å². The fraction of sp³-hybridized carbons (Fsp3) is 0.391. The molecule has 1 aromatic carbocycles. The molecule has 1 N–H and O–H groups in total. The molecule has 0 saturated heterocycles. The van der Waals surface area contributed by atoms with Crippen LogP contribution in [0.5, 0.6) is 0 Å². The first-order valence-corrected chi connectivity index (χ1v) is 11.5. The molecule has 0 aliphatic heterocycles. The predicted molar refractivity (Wildman–Crippen MR) is 123 cm³/mol. The number of rotatable bonds is 4. The zero-order valence-electron chi connectivity index (χ0n) is 17.9. The molecule has 31 heavy (non-hydrogen) atoms. The van der Waals surface area contributed by atoms with Crippen molar-refractivity contribution in [3.05, 3.63) is 57.1 Å². The fourth-order valence-corrected chi connectivity index (χ4v) is 5.60. The summed E-state index contributed by atoms with van der Waals surface area (Å²) < 4.78 is 2.68. The molecule has 5 rings (SSSR count). The van der Waals surface area contributed by atoms with E-state index in [0.29, 0.717) is 23.2 Å². The zero-order valence-corrected chi connectivity index (χ0v) is 18.7. The van der Waals surface area contributed by atoms with Crippen LogP contribution in [-0.4, -0.2) is 25.1 Å². The van der Waals surface area contributed by atoms with Crippen LogP contribution in [0, 0.1) is 5.92 Å². The van der Waals surface area contributed by atoms with E-state index in [1.165, 1.54) is 31.4 Å². The fourth-order valence-electron chi connectivity index (χ4n) is 4.25. The van der Waals surface area contributed by atoms with Crippen LogP contribution in [0.15, 0.2) is 35.4 Å². The molecule has 4 aromatic rings. The lowest BCUT2D eigenvalue weighted by Gasteiger charge is -2.17. The Bertz CT molecular complexity index is 1350. The van der Waals surface area contributed by atoms with Gasteiger partial charge in [-0.2, -0.15) is 0 Å². The number of benzene rings is 1. The van der Waals surface area contributed by atoms with Crippen molar-refractivity contribution in [2.75, 3.05) is 5.32 Å². The minimum absolute atomic E-state index is 0.142. The van der Waals surface area contributed by atoms with Crippen LogP contribution in [0.1, 0.15) is 49.1 Å². The van der Waals surface area contributed by atoms with Crippen LogP contribution in [0.2, 0.25) is 0 Å². The van der Waals surface area contributed by atoms with Crippen molar-refractivity contribution in [3.8, 4) is 0 Å². The van der Waals surface area contributed by atoms with Crippen LogP contribution in [0.4, 0.5) is 5.69 Å². The number of nitrogens with zero attached hydrogens (tertiary/aromatic N) is 4. The van der Waals surface area contributed by atoms with Crippen molar-refractivity contribution in [3.63, 3.8) is 0 Å². The van der Waals surface area contributed by atoms with Crippen LogP contribution in [0.3, 0.4) is 0 Å². The summed E-state index contributed by atoms with van der Waals surface area (Å²) in [6, 6.07) is 7.76. The molecular formula is C23H25N5O2S. The van der Waals surface area contributed by atoms with Crippen LogP contribution in [0.25, 0.3) is 15.9 Å². The molecule has 8 heteroatoms. The normalized spacial score (nSPS) is 16.2. The van der Waals surface area contributed by atoms with E-state index in [2.05, 4.69) is 36.2 Å². The van der Waals surface area contributed by atoms with Gasteiger partial charge < -0.3 is 5.32 Å². The highest BCUT2D eigenvalue weighted by molar-refractivity contribution is 7.19. The molecule has 7 nitrogen and oxygen atoms in total. The summed E-state index contributed by atoms with van der Waals surface area (Å²) in [6.45, 7) is 6.38. The summed E-state index contributed by atoms with van der Waals surface area (Å²) in [5.74, 6) is 0.806. The van der Waals surface area contributed by atoms with E-state index in [0.717, 1.165) is 29.5 Å². The number of fused-ring (bicyclic) bond motifs is 5. The molecule has 1 aliphatic rings. The minimum Gasteiger partial charge on any atom is -0.324 e. The standard InChI is InChI=1S/C23H25N5O2S/c1-13(2)15-5-7-16(8-6-15)25-19(29)11-28-23(30)27-12-24-22-20(21(27)26-28)17-9-4-14(3)10-18(17)31-22/h5-8,12-14H,4,9-11H2,1-3H3,(H,25,29). The number of amides is 1. The number of hydrogen-bond donors (Lipinski definition) is 1. The molecule has 3 aromatic heterocycles. The first-order valence-electron chi connectivity index (χ1n) is 10.7. The Labute approximate surface area is 183 Å². The summed E-state index contributed by atoms with van der Waals surface area (Å²) in [5.41, 5.74) is 3.42. The lowest BCUT2D eigenvalue weighted by Crippen LogP contribution is -2.28. The Hall–Kier alpha value is -3.00. The van der Waals surface area contributed by atoms with Crippen molar-refractivity contribution in [1.82, 2.24) is 19.2 Å². The second-order valence-corrected chi connectivity index (χ2v) is 9.82. The second kappa shape index (κ2) is 7.60. The third-order valence-corrected chi connectivity index (χ3v) is 7.19. The van der Waals surface area contributed by atoms with Gasteiger partial charge in [-0.25, -0.2) is 18.9 Å². The number of anilines is 1. The molecule has 0 fully saturated rings. The van der Waals surface area contributed by atoms with Gasteiger partial charge in [-0.05, 0) is 54.4 Å². The topological polar surface area (TPSA) is 81.3 Å². The first-order chi connectivity index (χ1) is 14.9. The monoisotopic (exact) mass is 435 g/mol. The van der Waals surface area contributed by atoms with Crippen LogP contribution >= 0.6 is 11.3 Å². The smallest absolute Gasteiger partial charge is 0.324 e. The lowest BCUT2D eigenvalue weighted by molar-refractivity contribution is -0.117. The summed E-state index contributed by atoms with van der Waals surface area (Å²) >= 11 is 1.70. The van der Waals surface area contributed by atoms with E-state index in [4.69, 9.17) is 0 Å². The molecule has 1 unspecified atom stereocenters. The molecule has 1 aliphatic carbocycles. The lowest BCUT2D eigenvalue weighted by atomic mass is 9.89. The molecule has 1 amide bonds. The van der Waals surface area contributed by atoms with Crippen molar-refractivity contribution in [2.24, 2.45) is 5.92 Å². The molecule has 0 saturated carbocycles. The highest BCUT2D eigenvalue weighted by atomic mass is 32.1. The highest BCUT2D eigenvalue weighted by Crippen LogP contribution is 2.38. The van der Waals surface area contributed by atoms with Gasteiger partial charge in [0.25, 0.3) is 0 Å². The minimum atomic E-state index is -0.348. The van der Waals surface area contributed by atoms with E-state index < -0.39 is 0 Å². The summed E-state index contributed by atoms with van der Waals surface area (Å²) in [6.07, 6.45) is 4.68. The van der Waals surface area contributed by atoms with Gasteiger partial charge in [-0.1, -0.05) is 32.9 Å². The number of aromatic nitrogens is 4. The summed E-state index contributed by atoms with van der Waals surface area (Å²) in [5, 5.41) is 8.35. The number of carbonyl (C=O) groups excluding carboxylic acids is 1. The average molecular weight is 436 g/mol. The molecule has 0 radical (unpaired) electrons. The zero-order chi connectivity index (χ0) is 21.7. The Morgan fingerprint density at radius 1 is 1.29 bits per heavy atom. The number of hydrogen-bond acceptors (Lipinski definition) is 5. The average Bonchev–Trinajstić information content (AvgIpc) is 3.25. The van der Waals surface area contributed by atoms with Crippen molar-refractivity contribution in [1.29, 1.82) is 0 Å². The van der Waals surface area contributed by atoms with E-state index in [1.54, 1.807) is 11.3 Å². The van der Waals surface area contributed by atoms with Crippen molar-refractivity contribution < 1.29 is 4.79 Å². The van der Waals surface area contributed by atoms with Crippen LogP contribution < -0.4 is 11.0 Å². The Morgan fingerprint density at radius 3 is 2.81 bits per heavy atom. The largest absolute Gasteiger partial charge is 0.352 e. The quantitative estimate of drug-likeness (QED) is 0.525. The maximum absolute atomic E-state index is 12.9. The van der Waals surface area contributed by atoms with E-state index >= 15 is 0 Å². The number of carbonyl (C=O) groups is 1. The summed E-state index contributed by atoms with van der Waals surface area (Å²) in [4.78, 5) is 32.2. The highest BCUT2D eigenvalue weighted by Gasteiger charge is 2.24. The predicted octanol–water partition coefficient (Wildman–Crippen LogP) is 3.99. The number of aryl methyl sites for hydroxylation is 1. The van der Waals surface area contributed by atoms with Gasteiger partial charge in [-0.15, -0.1) is 16.4 Å². The van der Waals surface area contributed by atoms with E-state index in [-0.39, 0.29) is 18.1 Å². The molecular weight excluding hydrogens is 410 g/mol. The van der Waals surface area contributed by atoms with E-state index in [1.807, 2.05) is 24.3 Å².